The van der Waals surface area contributed by atoms with E-state index in [0.717, 1.165) is 23.8 Å². The fraction of sp³-hybridized carbons (Fsp3) is 0.538. The highest BCUT2D eigenvalue weighted by molar-refractivity contribution is 7.99. The summed E-state index contributed by atoms with van der Waals surface area (Å²) in [6.45, 7) is 2.42. The molecule has 1 atom stereocenters. The van der Waals surface area contributed by atoms with Crippen LogP contribution < -0.4 is 14.8 Å². The number of rotatable bonds is 1. The van der Waals surface area contributed by atoms with Crippen LogP contribution in [0.4, 0.5) is 0 Å². The zero-order valence-corrected chi connectivity index (χ0v) is 10.6. The van der Waals surface area contributed by atoms with Crippen LogP contribution in [0.15, 0.2) is 18.2 Å². The minimum Gasteiger partial charge on any atom is -0.486 e. The van der Waals surface area contributed by atoms with Crippen molar-refractivity contribution in [3.63, 3.8) is 0 Å². The topological polar surface area (TPSA) is 30.5 Å². The van der Waals surface area contributed by atoms with Crippen molar-refractivity contribution in [2.45, 2.75) is 12.5 Å². The fourth-order valence-corrected chi connectivity index (χ4v) is 3.26. The monoisotopic (exact) mass is 251 g/mol. The first-order valence-corrected chi connectivity index (χ1v) is 7.29. The highest BCUT2D eigenvalue weighted by Gasteiger charge is 2.17. The maximum Gasteiger partial charge on any atom is 0.161 e. The summed E-state index contributed by atoms with van der Waals surface area (Å²) in [7, 11) is 0. The van der Waals surface area contributed by atoms with E-state index in [1.807, 2.05) is 17.8 Å². The molecule has 2 aliphatic heterocycles. The van der Waals surface area contributed by atoms with Gasteiger partial charge in [-0.25, -0.2) is 0 Å². The summed E-state index contributed by atoms with van der Waals surface area (Å²) in [6, 6.07) is 6.74. The fourth-order valence-electron chi connectivity index (χ4n) is 2.20. The van der Waals surface area contributed by atoms with E-state index in [1.54, 1.807) is 0 Å². The first-order valence-electron chi connectivity index (χ1n) is 6.14. The van der Waals surface area contributed by atoms with Gasteiger partial charge >= 0.3 is 0 Å². The summed E-state index contributed by atoms with van der Waals surface area (Å²) in [5, 5.41) is 3.59. The number of thioether (sulfide) groups is 1. The van der Waals surface area contributed by atoms with E-state index in [-0.39, 0.29) is 0 Å². The lowest BCUT2D eigenvalue weighted by molar-refractivity contribution is 0.171. The van der Waals surface area contributed by atoms with Gasteiger partial charge in [0.15, 0.2) is 11.5 Å². The molecule has 1 aromatic rings. The molecular weight excluding hydrogens is 234 g/mol. The predicted octanol–water partition coefficient (Wildman–Crippen LogP) is 2.23. The van der Waals surface area contributed by atoms with Crippen LogP contribution in [0.3, 0.4) is 0 Å². The van der Waals surface area contributed by atoms with Crippen LogP contribution in [0.1, 0.15) is 18.0 Å². The lowest BCUT2D eigenvalue weighted by Crippen LogP contribution is -2.23. The van der Waals surface area contributed by atoms with Crippen molar-refractivity contribution < 1.29 is 9.47 Å². The molecule has 92 valence electrons. The number of nitrogens with one attached hydrogen (secondary N) is 1. The number of ether oxygens (including phenoxy) is 2. The van der Waals surface area contributed by atoms with Gasteiger partial charge in [-0.15, -0.1) is 0 Å². The minimum absolute atomic E-state index is 0.443. The number of hydrogen-bond acceptors (Lipinski definition) is 4. The van der Waals surface area contributed by atoms with Gasteiger partial charge in [-0.05, 0) is 36.4 Å². The number of benzene rings is 1. The van der Waals surface area contributed by atoms with Crippen LogP contribution in [0.2, 0.25) is 0 Å². The molecule has 0 bridgehead atoms. The molecule has 0 aromatic heterocycles. The van der Waals surface area contributed by atoms with Crippen LogP contribution in [-0.2, 0) is 0 Å². The largest absolute Gasteiger partial charge is 0.486 e. The molecule has 0 aliphatic carbocycles. The summed E-state index contributed by atoms with van der Waals surface area (Å²) in [5.41, 5.74) is 1.31. The average Bonchev–Trinajstić information content (AvgIpc) is 2.67. The van der Waals surface area contributed by atoms with Gasteiger partial charge in [-0.2, -0.15) is 11.8 Å². The lowest BCUT2D eigenvalue weighted by atomic mass is 10.1. The van der Waals surface area contributed by atoms with Gasteiger partial charge in [-0.1, -0.05) is 6.07 Å². The molecule has 0 amide bonds. The van der Waals surface area contributed by atoms with Crippen molar-refractivity contribution in [2.75, 3.05) is 31.3 Å². The molecule has 3 rings (SSSR count). The van der Waals surface area contributed by atoms with Gasteiger partial charge in [0.25, 0.3) is 0 Å². The second-order valence-electron chi connectivity index (χ2n) is 4.34. The highest BCUT2D eigenvalue weighted by Crippen LogP contribution is 2.33. The summed E-state index contributed by atoms with van der Waals surface area (Å²) >= 11 is 2.02. The molecule has 2 aliphatic rings. The third-order valence-corrected chi connectivity index (χ3v) is 4.26. The predicted molar refractivity (Wildman–Crippen MR) is 70.1 cm³/mol. The van der Waals surface area contributed by atoms with Crippen LogP contribution in [0.5, 0.6) is 11.5 Å². The molecule has 0 saturated carbocycles. The maximum absolute atomic E-state index is 5.63. The number of hydrogen-bond donors (Lipinski definition) is 1. The SMILES string of the molecule is c1cc2c(cc1C1CSCCCN1)OCCO2. The van der Waals surface area contributed by atoms with Crippen LogP contribution >= 0.6 is 11.8 Å². The smallest absolute Gasteiger partial charge is 0.161 e. The van der Waals surface area contributed by atoms with Gasteiger partial charge in [-0.3, -0.25) is 0 Å². The molecule has 1 aromatic carbocycles. The molecule has 1 unspecified atom stereocenters. The molecule has 0 spiro atoms. The molecule has 1 fully saturated rings. The molecule has 17 heavy (non-hydrogen) atoms. The first kappa shape index (κ1) is 11.2. The second kappa shape index (κ2) is 5.19. The Morgan fingerprint density at radius 1 is 1.18 bits per heavy atom. The normalized spacial score (nSPS) is 24.1. The Balaban J connectivity index is 1.82. The molecule has 2 heterocycles. The van der Waals surface area contributed by atoms with Crippen molar-refractivity contribution in [1.82, 2.24) is 5.32 Å². The van der Waals surface area contributed by atoms with Gasteiger partial charge < -0.3 is 14.8 Å². The van der Waals surface area contributed by atoms with Crippen LogP contribution in [0.25, 0.3) is 0 Å². The highest BCUT2D eigenvalue weighted by atomic mass is 32.2. The van der Waals surface area contributed by atoms with Gasteiger partial charge in [0.05, 0.1) is 0 Å². The minimum atomic E-state index is 0.443. The van der Waals surface area contributed by atoms with Gasteiger partial charge in [0, 0.05) is 11.8 Å². The van der Waals surface area contributed by atoms with Crippen molar-refractivity contribution in [1.29, 1.82) is 0 Å². The summed E-state index contributed by atoms with van der Waals surface area (Å²) < 4.78 is 11.2. The van der Waals surface area contributed by atoms with E-state index in [1.165, 1.54) is 17.7 Å². The zero-order chi connectivity index (χ0) is 11.5. The average molecular weight is 251 g/mol. The molecule has 0 radical (unpaired) electrons. The Labute approximate surface area is 106 Å². The summed E-state index contributed by atoms with van der Waals surface area (Å²) in [6.07, 6.45) is 1.26. The van der Waals surface area contributed by atoms with Gasteiger partial charge in [0.1, 0.15) is 13.2 Å². The summed E-state index contributed by atoms with van der Waals surface area (Å²) in [5.74, 6) is 4.17. The summed E-state index contributed by atoms with van der Waals surface area (Å²) in [4.78, 5) is 0. The maximum atomic E-state index is 5.63. The van der Waals surface area contributed by atoms with Gasteiger partial charge in [0.2, 0.25) is 0 Å². The Morgan fingerprint density at radius 3 is 3.00 bits per heavy atom. The van der Waals surface area contributed by atoms with Crippen molar-refractivity contribution in [3.05, 3.63) is 23.8 Å². The third-order valence-electron chi connectivity index (χ3n) is 3.11. The van der Waals surface area contributed by atoms with E-state index in [9.17, 15) is 0 Å². The molecule has 3 nitrogen and oxygen atoms in total. The Kier molecular flexibility index (Phi) is 3.43. The molecule has 4 heteroatoms. The van der Waals surface area contributed by atoms with E-state index < -0.39 is 0 Å². The van der Waals surface area contributed by atoms with Crippen molar-refractivity contribution in [3.8, 4) is 11.5 Å². The Hall–Kier alpha value is -0.870. The zero-order valence-electron chi connectivity index (χ0n) is 9.78. The molecule has 1 saturated heterocycles. The van der Waals surface area contributed by atoms with E-state index in [2.05, 4.69) is 17.4 Å². The second-order valence-corrected chi connectivity index (χ2v) is 5.49. The third kappa shape index (κ3) is 2.53. The quantitative estimate of drug-likeness (QED) is 0.829. The van der Waals surface area contributed by atoms with Crippen LogP contribution in [0, 0.1) is 0 Å². The lowest BCUT2D eigenvalue weighted by Gasteiger charge is -2.21. The van der Waals surface area contributed by atoms with Crippen molar-refractivity contribution in [2.24, 2.45) is 0 Å². The van der Waals surface area contributed by atoms with E-state index in [0.29, 0.717) is 19.3 Å². The molecular formula is C13H17NO2S. The number of fused-ring (bicyclic) bond motifs is 1. The molecule has 1 N–H and O–H groups in total. The van der Waals surface area contributed by atoms with E-state index in [4.69, 9.17) is 9.47 Å². The Bertz CT molecular complexity index is 389. The first-order chi connectivity index (χ1) is 8.43. The Morgan fingerprint density at radius 2 is 2.06 bits per heavy atom. The van der Waals surface area contributed by atoms with Crippen molar-refractivity contribution >= 4 is 11.8 Å². The van der Waals surface area contributed by atoms with Crippen LogP contribution in [-0.4, -0.2) is 31.3 Å². The van der Waals surface area contributed by atoms with E-state index >= 15 is 0 Å². The standard InChI is InChI=1S/C13H17NO2S/c1-4-14-11(9-17-7-1)10-2-3-12-13(8-10)16-6-5-15-12/h2-3,8,11,14H,1,4-7,9H2.